The fourth-order valence-electron chi connectivity index (χ4n) is 0.246. The maximum atomic E-state index is 6.81. The van der Waals surface area contributed by atoms with Gasteiger partial charge >= 0.3 is 0 Å². The number of unbranched alkanes of at least 4 members (excludes halogenated alkanes) is 1. The van der Waals surface area contributed by atoms with Gasteiger partial charge in [0.2, 0.25) is 0 Å². The minimum Gasteiger partial charge on any atom is -0.103 e. The van der Waals surface area contributed by atoms with Crippen molar-refractivity contribution in [3.8, 4) is 0 Å². The SMILES string of the molecule is [2H]C([2H])([2H])CCCC=C. The summed E-state index contributed by atoms with van der Waals surface area (Å²) in [7, 11) is 0. The highest BCUT2D eigenvalue weighted by atomic mass is 13.8. The maximum absolute atomic E-state index is 6.81. The average Bonchev–Trinajstić information content (AvgIpc) is 1.63. The number of allylic oxidation sites excluding steroid dienone is 1. The summed E-state index contributed by atoms with van der Waals surface area (Å²) in [5, 5.41) is 0. The maximum Gasteiger partial charge on any atom is 0.0230 e. The lowest BCUT2D eigenvalue weighted by Crippen LogP contribution is -1.61. The highest BCUT2D eigenvalue weighted by Crippen LogP contribution is 1.91. The molecule has 36 valence electrons. The second-order valence-electron chi connectivity index (χ2n) is 1.18. The van der Waals surface area contributed by atoms with E-state index in [1.807, 2.05) is 0 Å². The molecule has 0 aromatic carbocycles. The van der Waals surface area contributed by atoms with E-state index in [1.54, 1.807) is 6.08 Å². The molecular weight excluding hydrogens is 72.1 g/mol. The topological polar surface area (TPSA) is 0 Å². The molecule has 0 unspecified atom stereocenters. The molecule has 0 rings (SSSR count). The molecule has 0 nitrogen and oxygen atoms in total. The van der Waals surface area contributed by atoms with Crippen LogP contribution in [0.1, 0.15) is 30.2 Å². The van der Waals surface area contributed by atoms with Gasteiger partial charge in [0.15, 0.2) is 0 Å². The minimum atomic E-state index is -1.75. The van der Waals surface area contributed by atoms with Crippen LogP contribution in [-0.4, -0.2) is 0 Å². The van der Waals surface area contributed by atoms with Crippen LogP contribution in [0.3, 0.4) is 0 Å². The van der Waals surface area contributed by atoms with Crippen molar-refractivity contribution in [2.45, 2.75) is 26.1 Å². The summed E-state index contributed by atoms with van der Waals surface area (Å²) in [5.41, 5.74) is 0. The third-order valence-corrected chi connectivity index (χ3v) is 0.585. The van der Waals surface area contributed by atoms with Crippen molar-refractivity contribution in [1.82, 2.24) is 0 Å². The molecular formula is C6H12. The zero-order chi connectivity index (χ0) is 7.33. The molecule has 0 N–H and O–H groups in total. The van der Waals surface area contributed by atoms with Crippen LogP contribution in [0.5, 0.6) is 0 Å². The van der Waals surface area contributed by atoms with E-state index in [-0.39, 0.29) is 0 Å². The highest BCUT2D eigenvalue weighted by Gasteiger charge is 1.71. The molecule has 0 amide bonds. The van der Waals surface area contributed by atoms with Crippen molar-refractivity contribution in [2.24, 2.45) is 0 Å². The normalized spacial score (nSPS) is 17.7. The predicted molar refractivity (Wildman–Crippen MR) is 29.7 cm³/mol. The first kappa shape index (κ1) is 2.15. The molecule has 0 atom stereocenters. The van der Waals surface area contributed by atoms with Gasteiger partial charge in [0.1, 0.15) is 0 Å². The van der Waals surface area contributed by atoms with Crippen LogP contribution < -0.4 is 0 Å². The first-order valence-electron chi connectivity index (χ1n) is 3.67. The molecule has 0 saturated heterocycles. The van der Waals surface area contributed by atoms with E-state index in [0.29, 0.717) is 6.42 Å². The number of hydrogen-bond acceptors (Lipinski definition) is 0. The fourth-order valence-corrected chi connectivity index (χ4v) is 0.246. The standard InChI is InChI=1S/C6H12/c1-3-5-6-4-2/h3H,1,4-6H2,2H3/i2D3. The van der Waals surface area contributed by atoms with Gasteiger partial charge in [-0.2, -0.15) is 0 Å². The van der Waals surface area contributed by atoms with Gasteiger partial charge in [-0.05, 0) is 6.42 Å². The van der Waals surface area contributed by atoms with Crippen LogP contribution in [0.25, 0.3) is 0 Å². The third-order valence-electron chi connectivity index (χ3n) is 0.585. The molecule has 0 aromatic rings. The van der Waals surface area contributed by atoms with Gasteiger partial charge in [0, 0.05) is 4.11 Å². The van der Waals surface area contributed by atoms with Gasteiger partial charge < -0.3 is 0 Å². The van der Waals surface area contributed by atoms with Crippen LogP contribution >= 0.6 is 0 Å². The molecule has 0 aliphatic rings. The first-order chi connectivity index (χ1) is 4.06. The average molecular weight is 87.2 g/mol. The Kier molecular flexibility index (Phi) is 1.70. The van der Waals surface area contributed by atoms with Crippen LogP contribution in [0.2, 0.25) is 0 Å². The van der Waals surface area contributed by atoms with Gasteiger partial charge in [0.05, 0.1) is 0 Å². The molecule has 0 spiro atoms. The summed E-state index contributed by atoms with van der Waals surface area (Å²) in [4.78, 5) is 0. The summed E-state index contributed by atoms with van der Waals surface area (Å²) >= 11 is 0. The molecule has 0 bridgehead atoms. The largest absolute Gasteiger partial charge is 0.103 e. The fraction of sp³-hybridized carbons (Fsp3) is 0.667. The van der Waals surface area contributed by atoms with Crippen molar-refractivity contribution < 1.29 is 4.11 Å². The molecule has 0 aliphatic heterocycles. The van der Waals surface area contributed by atoms with Crippen LogP contribution in [0.4, 0.5) is 0 Å². The summed E-state index contributed by atoms with van der Waals surface area (Å²) in [6, 6.07) is 0. The van der Waals surface area contributed by atoms with Crippen molar-refractivity contribution >= 4 is 0 Å². The lowest BCUT2D eigenvalue weighted by molar-refractivity contribution is 0.816. The van der Waals surface area contributed by atoms with E-state index >= 15 is 0 Å². The van der Waals surface area contributed by atoms with Crippen LogP contribution in [0.15, 0.2) is 12.7 Å². The Bertz CT molecular complexity index is 82.8. The van der Waals surface area contributed by atoms with Gasteiger partial charge in [-0.25, -0.2) is 0 Å². The molecule has 6 heavy (non-hydrogen) atoms. The Morgan fingerprint density at radius 3 is 3.33 bits per heavy atom. The molecule has 0 aromatic heterocycles. The molecule has 0 aliphatic carbocycles. The quantitative estimate of drug-likeness (QED) is 0.366. The molecule has 0 heterocycles. The zero-order valence-electron chi connectivity index (χ0n) is 6.91. The lowest BCUT2D eigenvalue weighted by Gasteiger charge is -1.81. The second kappa shape index (κ2) is 4.74. The van der Waals surface area contributed by atoms with E-state index in [0.717, 1.165) is 12.8 Å². The zero-order valence-corrected chi connectivity index (χ0v) is 3.91. The van der Waals surface area contributed by atoms with E-state index in [1.165, 1.54) is 0 Å². The Morgan fingerprint density at radius 1 is 2.00 bits per heavy atom. The lowest BCUT2D eigenvalue weighted by atomic mass is 10.3. The van der Waals surface area contributed by atoms with Gasteiger partial charge in [0.25, 0.3) is 0 Å². The van der Waals surface area contributed by atoms with Crippen molar-refractivity contribution in [1.29, 1.82) is 0 Å². The molecule has 0 saturated carbocycles. The van der Waals surface area contributed by atoms with Crippen molar-refractivity contribution in [2.75, 3.05) is 0 Å². The second-order valence-corrected chi connectivity index (χ2v) is 1.18. The van der Waals surface area contributed by atoms with E-state index in [4.69, 9.17) is 4.11 Å². The smallest absolute Gasteiger partial charge is 0.0230 e. The van der Waals surface area contributed by atoms with E-state index < -0.39 is 6.85 Å². The monoisotopic (exact) mass is 87.1 g/mol. The summed E-state index contributed by atoms with van der Waals surface area (Å²) in [6.07, 6.45) is 3.57. The van der Waals surface area contributed by atoms with Gasteiger partial charge in [-0.3, -0.25) is 0 Å². The molecule has 0 radical (unpaired) electrons. The Hall–Kier alpha value is -0.260. The van der Waals surface area contributed by atoms with Crippen molar-refractivity contribution in [3.63, 3.8) is 0 Å². The number of hydrogen-bond donors (Lipinski definition) is 0. The Morgan fingerprint density at radius 2 is 2.83 bits per heavy atom. The first-order valence-corrected chi connectivity index (χ1v) is 2.17. The van der Waals surface area contributed by atoms with E-state index in [2.05, 4.69) is 6.58 Å². The summed E-state index contributed by atoms with van der Waals surface area (Å²) in [6.45, 7) is 1.75. The number of rotatable bonds is 3. The third kappa shape index (κ3) is 3.74. The Balaban J connectivity index is 3.17. The van der Waals surface area contributed by atoms with E-state index in [9.17, 15) is 0 Å². The summed E-state index contributed by atoms with van der Waals surface area (Å²) < 4.78 is 20.4. The molecule has 0 heteroatoms. The van der Waals surface area contributed by atoms with Crippen LogP contribution in [0, 0.1) is 0 Å². The van der Waals surface area contributed by atoms with Crippen molar-refractivity contribution in [3.05, 3.63) is 12.7 Å². The van der Waals surface area contributed by atoms with Crippen LogP contribution in [-0.2, 0) is 0 Å². The van der Waals surface area contributed by atoms with Gasteiger partial charge in [-0.15, -0.1) is 6.58 Å². The molecule has 0 fully saturated rings. The Labute approximate surface area is 44.1 Å². The summed E-state index contributed by atoms with van der Waals surface area (Å²) in [5.74, 6) is 0. The predicted octanol–water partition coefficient (Wildman–Crippen LogP) is 2.36. The van der Waals surface area contributed by atoms with Gasteiger partial charge in [-0.1, -0.05) is 25.8 Å². The minimum absolute atomic E-state index is 0.305. The highest BCUT2D eigenvalue weighted by molar-refractivity contribution is 4.64.